The molecule has 0 aliphatic carbocycles. The molecule has 0 spiro atoms. The molecule has 0 fully saturated rings. The molecular formula is C27H46O5Si. The molecule has 0 aliphatic rings. The van der Waals surface area contributed by atoms with Gasteiger partial charge in [0.2, 0.25) is 0 Å². The van der Waals surface area contributed by atoms with Gasteiger partial charge in [-0.25, -0.2) is 4.79 Å². The van der Waals surface area contributed by atoms with Gasteiger partial charge in [-0.1, -0.05) is 52.3 Å². The fraction of sp³-hybridized carbons (Fsp3) is 0.667. The molecule has 0 amide bonds. The number of allylic oxidation sites excluding steroid dienone is 1. The summed E-state index contributed by atoms with van der Waals surface area (Å²) in [6, 6.07) is 7.84. The van der Waals surface area contributed by atoms with E-state index >= 15 is 0 Å². The van der Waals surface area contributed by atoms with Crippen LogP contribution in [0.5, 0.6) is 5.75 Å². The van der Waals surface area contributed by atoms with Gasteiger partial charge in [0.15, 0.2) is 8.32 Å². The Morgan fingerprint density at radius 2 is 1.61 bits per heavy atom. The zero-order valence-corrected chi connectivity index (χ0v) is 23.7. The van der Waals surface area contributed by atoms with Crippen molar-refractivity contribution in [3.63, 3.8) is 0 Å². The number of rotatable bonds is 12. The van der Waals surface area contributed by atoms with Crippen molar-refractivity contribution in [2.75, 3.05) is 13.7 Å². The van der Waals surface area contributed by atoms with Crippen LogP contribution in [0.25, 0.3) is 0 Å². The van der Waals surface area contributed by atoms with Crippen LogP contribution in [-0.4, -0.2) is 40.2 Å². The highest BCUT2D eigenvalue weighted by atomic mass is 28.4. The van der Waals surface area contributed by atoms with E-state index in [1.54, 1.807) is 7.11 Å². The Bertz CT molecular complexity index is 771. The molecule has 33 heavy (non-hydrogen) atoms. The third kappa shape index (κ3) is 9.63. The number of ether oxygens (including phenoxy) is 3. The molecule has 0 aliphatic heterocycles. The van der Waals surface area contributed by atoms with Crippen molar-refractivity contribution in [1.82, 2.24) is 0 Å². The van der Waals surface area contributed by atoms with Gasteiger partial charge in [0.25, 0.3) is 0 Å². The molecule has 188 valence electrons. The smallest absolute Gasteiger partial charge is 0.334 e. The molecule has 0 saturated heterocycles. The third-order valence-electron chi connectivity index (χ3n) is 6.59. The standard InChI is InChI=1S/C27H46O5Si/c1-19(2)21(5)31-26(28)25(32-33(10,11)27(6,7)8)16-23(20(3)4)18-30-17-22-12-14-24(29-9)15-13-22/h12-15,19,21,25H,16-18H2,1-11H3. The van der Waals surface area contributed by atoms with Crippen molar-refractivity contribution in [3.8, 4) is 5.75 Å². The summed E-state index contributed by atoms with van der Waals surface area (Å²) in [5.74, 6) is 0.789. The van der Waals surface area contributed by atoms with Gasteiger partial charge in [0.05, 0.1) is 20.3 Å². The Labute approximate surface area is 203 Å². The maximum atomic E-state index is 13.2. The average Bonchev–Trinajstić information content (AvgIpc) is 2.71. The number of methoxy groups -OCH3 is 1. The third-order valence-corrected chi connectivity index (χ3v) is 11.1. The first-order chi connectivity index (χ1) is 15.2. The van der Waals surface area contributed by atoms with Gasteiger partial charge in [-0.2, -0.15) is 0 Å². The summed E-state index contributed by atoms with van der Waals surface area (Å²) in [7, 11) is -0.525. The quantitative estimate of drug-likeness (QED) is 0.185. The number of hydrogen-bond donors (Lipinski definition) is 0. The van der Waals surface area contributed by atoms with E-state index in [1.165, 1.54) is 0 Å². The molecule has 1 rings (SSSR count). The molecule has 0 bridgehead atoms. The van der Waals surface area contributed by atoms with Gasteiger partial charge in [-0.3, -0.25) is 0 Å². The highest BCUT2D eigenvalue weighted by Crippen LogP contribution is 2.38. The second-order valence-corrected chi connectivity index (χ2v) is 15.7. The van der Waals surface area contributed by atoms with E-state index in [0.29, 0.717) is 19.6 Å². The zero-order valence-electron chi connectivity index (χ0n) is 22.7. The molecule has 0 aromatic heterocycles. The SMILES string of the molecule is COc1ccc(COCC(CC(O[Si](C)(C)C(C)(C)C)C(=O)OC(C)C(C)C)=C(C)C)cc1. The normalized spacial score (nSPS) is 14.1. The minimum Gasteiger partial charge on any atom is -0.497 e. The first kappa shape index (κ1) is 29.4. The van der Waals surface area contributed by atoms with Gasteiger partial charge < -0.3 is 18.6 Å². The molecule has 6 heteroatoms. The summed E-state index contributed by atoms with van der Waals surface area (Å²) in [5.41, 5.74) is 3.28. The summed E-state index contributed by atoms with van der Waals surface area (Å²) in [4.78, 5) is 13.2. The number of esters is 1. The molecule has 0 saturated carbocycles. The molecule has 0 heterocycles. The highest BCUT2D eigenvalue weighted by Gasteiger charge is 2.41. The van der Waals surface area contributed by atoms with E-state index in [-0.39, 0.29) is 23.0 Å². The Balaban J connectivity index is 2.96. The van der Waals surface area contributed by atoms with Crippen molar-refractivity contribution >= 4 is 14.3 Å². The molecule has 0 radical (unpaired) electrons. The lowest BCUT2D eigenvalue weighted by atomic mass is 10.0. The number of hydrogen-bond acceptors (Lipinski definition) is 5. The van der Waals surface area contributed by atoms with Crippen molar-refractivity contribution in [2.45, 2.75) is 98.8 Å². The zero-order chi connectivity index (χ0) is 25.4. The summed E-state index contributed by atoms with van der Waals surface area (Å²) < 4.78 is 23.6. The van der Waals surface area contributed by atoms with Crippen LogP contribution in [0.4, 0.5) is 0 Å². The monoisotopic (exact) mass is 478 g/mol. The van der Waals surface area contributed by atoms with E-state index < -0.39 is 14.4 Å². The van der Waals surface area contributed by atoms with E-state index in [4.69, 9.17) is 18.6 Å². The maximum Gasteiger partial charge on any atom is 0.334 e. The Morgan fingerprint density at radius 3 is 2.06 bits per heavy atom. The number of carbonyl (C=O) groups is 1. The second-order valence-electron chi connectivity index (χ2n) is 10.9. The Kier molecular flexibility index (Phi) is 11.3. The van der Waals surface area contributed by atoms with Crippen LogP contribution >= 0.6 is 0 Å². The predicted octanol–water partition coefficient (Wildman–Crippen LogP) is 6.92. The average molecular weight is 479 g/mol. The molecule has 1 aromatic carbocycles. The van der Waals surface area contributed by atoms with Crippen LogP contribution in [0.3, 0.4) is 0 Å². The molecule has 2 unspecified atom stereocenters. The van der Waals surface area contributed by atoms with Crippen molar-refractivity contribution in [1.29, 1.82) is 0 Å². The second kappa shape index (κ2) is 12.7. The largest absolute Gasteiger partial charge is 0.497 e. The van der Waals surface area contributed by atoms with Gasteiger partial charge in [-0.15, -0.1) is 0 Å². The van der Waals surface area contributed by atoms with Crippen LogP contribution in [0.15, 0.2) is 35.4 Å². The van der Waals surface area contributed by atoms with Crippen LogP contribution in [0.2, 0.25) is 18.1 Å². The molecule has 0 N–H and O–H groups in total. The van der Waals surface area contributed by atoms with Crippen LogP contribution in [-0.2, 0) is 25.3 Å². The van der Waals surface area contributed by atoms with E-state index in [9.17, 15) is 4.79 Å². The van der Waals surface area contributed by atoms with Gasteiger partial charge in [-0.05, 0) is 68.1 Å². The first-order valence-electron chi connectivity index (χ1n) is 11.9. The Hall–Kier alpha value is -1.63. The molecule has 1 aromatic rings. The number of carbonyl (C=O) groups excluding carboxylic acids is 1. The van der Waals surface area contributed by atoms with E-state index in [0.717, 1.165) is 22.5 Å². The number of benzene rings is 1. The van der Waals surface area contributed by atoms with Crippen LogP contribution in [0.1, 0.15) is 67.4 Å². The lowest BCUT2D eigenvalue weighted by molar-refractivity contribution is -0.159. The van der Waals surface area contributed by atoms with Gasteiger partial charge >= 0.3 is 5.97 Å². The van der Waals surface area contributed by atoms with E-state index in [2.05, 4.69) is 61.6 Å². The molecular weight excluding hydrogens is 432 g/mol. The summed E-state index contributed by atoms with van der Waals surface area (Å²) in [6.07, 6.45) is -0.327. The van der Waals surface area contributed by atoms with E-state index in [1.807, 2.05) is 31.2 Å². The highest BCUT2D eigenvalue weighted by molar-refractivity contribution is 6.74. The van der Waals surface area contributed by atoms with Gasteiger partial charge in [0.1, 0.15) is 18.0 Å². The fourth-order valence-corrected chi connectivity index (χ4v) is 3.99. The molecule has 5 nitrogen and oxygen atoms in total. The summed E-state index contributed by atoms with van der Waals surface area (Å²) in [5, 5.41) is -0.00873. The maximum absolute atomic E-state index is 13.2. The topological polar surface area (TPSA) is 54.0 Å². The molecule has 2 atom stereocenters. The lowest BCUT2D eigenvalue weighted by Gasteiger charge is -2.39. The van der Waals surface area contributed by atoms with Crippen molar-refractivity contribution in [2.24, 2.45) is 5.92 Å². The minimum absolute atomic E-state index is 0.00873. The van der Waals surface area contributed by atoms with Crippen molar-refractivity contribution < 1.29 is 23.4 Å². The predicted molar refractivity (Wildman–Crippen MR) is 138 cm³/mol. The first-order valence-corrected chi connectivity index (χ1v) is 14.8. The fourth-order valence-electron chi connectivity index (χ4n) is 2.75. The Morgan fingerprint density at radius 1 is 1.03 bits per heavy atom. The van der Waals surface area contributed by atoms with Crippen LogP contribution < -0.4 is 4.74 Å². The van der Waals surface area contributed by atoms with Crippen LogP contribution in [0, 0.1) is 5.92 Å². The summed E-state index contributed by atoms with van der Waals surface area (Å²) in [6.45, 7) is 22.0. The minimum atomic E-state index is -2.18. The lowest BCUT2D eigenvalue weighted by Crippen LogP contribution is -2.47. The van der Waals surface area contributed by atoms with Crippen molar-refractivity contribution in [3.05, 3.63) is 41.0 Å². The van der Waals surface area contributed by atoms with Gasteiger partial charge in [0, 0.05) is 6.42 Å². The summed E-state index contributed by atoms with van der Waals surface area (Å²) >= 11 is 0.